The molecule has 1 heterocycles. The minimum absolute atomic E-state index is 0.255. The van der Waals surface area contributed by atoms with Crippen molar-refractivity contribution in [1.29, 1.82) is 0 Å². The predicted octanol–water partition coefficient (Wildman–Crippen LogP) is 2.73. The van der Waals surface area contributed by atoms with Crippen LogP contribution in [0.15, 0.2) is 42.7 Å². The van der Waals surface area contributed by atoms with Crippen LogP contribution in [0.5, 0.6) is 11.5 Å². The van der Waals surface area contributed by atoms with Gasteiger partial charge in [-0.3, -0.25) is 9.19 Å². The average Bonchev–Trinajstić information content (AvgIpc) is 2.31. The average molecular weight is 284 g/mol. The fourth-order valence-electron chi connectivity index (χ4n) is 1.29. The number of anilines is 1. The highest BCUT2D eigenvalue weighted by Gasteiger charge is 2.05. The van der Waals surface area contributed by atoms with Gasteiger partial charge in [0.2, 0.25) is 0 Å². The van der Waals surface area contributed by atoms with E-state index in [1.165, 1.54) is 12.4 Å². The van der Waals surface area contributed by atoms with Crippen molar-refractivity contribution in [3.05, 3.63) is 47.7 Å². The van der Waals surface area contributed by atoms with Gasteiger partial charge in [0.25, 0.3) is 0 Å². The molecule has 0 saturated heterocycles. The van der Waals surface area contributed by atoms with E-state index in [4.69, 9.17) is 16.3 Å². The van der Waals surface area contributed by atoms with Gasteiger partial charge in [-0.15, -0.1) is 0 Å². The molecule has 0 spiro atoms. The summed E-state index contributed by atoms with van der Waals surface area (Å²) in [5, 5.41) is 0.531. The van der Waals surface area contributed by atoms with Gasteiger partial charge in [-0.1, -0.05) is 17.7 Å². The number of nitrogens with one attached hydrogen (secondary N) is 1. The van der Waals surface area contributed by atoms with Crippen LogP contribution < -0.4 is 9.46 Å². The second-order valence-corrected chi connectivity index (χ2v) is 4.38. The SMILES string of the molecule is O=S([O-])Nc1cnccc1Oc1cccc(Cl)c1. The maximum absolute atomic E-state index is 10.6. The van der Waals surface area contributed by atoms with Crippen LogP contribution in [0.25, 0.3) is 0 Å². The molecule has 0 aliphatic heterocycles. The summed E-state index contributed by atoms with van der Waals surface area (Å²) in [7, 11) is 0. The fraction of sp³-hybridized carbons (Fsp3) is 0. The molecule has 5 nitrogen and oxygen atoms in total. The van der Waals surface area contributed by atoms with E-state index in [9.17, 15) is 8.76 Å². The molecule has 0 aliphatic carbocycles. The molecule has 1 aromatic carbocycles. The van der Waals surface area contributed by atoms with E-state index in [-0.39, 0.29) is 5.69 Å². The zero-order valence-corrected chi connectivity index (χ0v) is 10.6. The number of rotatable bonds is 4. The number of hydrogen-bond donors (Lipinski definition) is 1. The quantitative estimate of drug-likeness (QED) is 0.876. The van der Waals surface area contributed by atoms with Gasteiger partial charge in [0.1, 0.15) is 11.4 Å². The first-order valence-corrected chi connectivity index (χ1v) is 6.34. The van der Waals surface area contributed by atoms with Crippen molar-refractivity contribution < 1.29 is 13.5 Å². The van der Waals surface area contributed by atoms with Crippen LogP contribution in [-0.4, -0.2) is 13.7 Å². The molecular formula is C11H8ClN2O3S-. The molecule has 1 unspecified atom stereocenters. The second kappa shape index (κ2) is 5.81. The molecule has 0 fully saturated rings. The lowest BCUT2D eigenvalue weighted by atomic mass is 10.3. The Labute approximate surface area is 111 Å². The normalized spacial score (nSPS) is 11.9. The molecule has 7 heteroatoms. The molecule has 0 aliphatic rings. The number of nitrogens with zero attached hydrogens (tertiary/aromatic N) is 1. The van der Waals surface area contributed by atoms with E-state index >= 15 is 0 Å². The first-order chi connectivity index (χ1) is 8.65. The van der Waals surface area contributed by atoms with Crippen molar-refractivity contribution in [2.75, 3.05) is 4.72 Å². The Morgan fingerprint density at radius 3 is 2.94 bits per heavy atom. The summed E-state index contributed by atoms with van der Waals surface area (Å²) in [6.07, 6.45) is 2.86. The Hall–Kier alpha value is -1.63. The van der Waals surface area contributed by atoms with Crippen LogP contribution in [0.4, 0.5) is 5.69 Å². The molecule has 2 aromatic rings. The van der Waals surface area contributed by atoms with Gasteiger partial charge in [-0.25, -0.2) is 0 Å². The van der Waals surface area contributed by atoms with E-state index in [1.807, 2.05) is 0 Å². The van der Waals surface area contributed by atoms with Crippen molar-refractivity contribution in [2.24, 2.45) is 0 Å². The molecular weight excluding hydrogens is 276 g/mol. The highest BCUT2D eigenvalue weighted by Crippen LogP contribution is 2.29. The summed E-state index contributed by atoms with van der Waals surface area (Å²) in [6, 6.07) is 8.34. The number of halogens is 1. The lowest BCUT2D eigenvalue weighted by molar-refractivity contribution is 0.483. The number of ether oxygens (including phenoxy) is 1. The standard InChI is InChI=1S/C11H9ClN2O3S/c12-8-2-1-3-9(6-8)17-11-4-5-13-7-10(11)14-18(15)16/h1-7,14H,(H,15,16)/p-1. The topological polar surface area (TPSA) is 74.3 Å². The minimum atomic E-state index is -2.44. The van der Waals surface area contributed by atoms with Gasteiger partial charge in [-0.2, -0.15) is 0 Å². The van der Waals surface area contributed by atoms with E-state index in [1.54, 1.807) is 30.3 Å². The second-order valence-electron chi connectivity index (χ2n) is 3.27. The molecule has 1 atom stereocenters. The number of pyridine rings is 1. The highest BCUT2D eigenvalue weighted by atomic mass is 35.5. The van der Waals surface area contributed by atoms with Gasteiger partial charge in [-0.05, 0) is 18.2 Å². The third-order valence-electron chi connectivity index (χ3n) is 2.00. The monoisotopic (exact) mass is 283 g/mol. The van der Waals surface area contributed by atoms with Gasteiger partial charge < -0.3 is 14.0 Å². The maximum Gasteiger partial charge on any atom is 0.154 e. The Morgan fingerprint density at radius 2 is 2.22 bits per heavy atom. The van der Waals surface area contributed by atoms with Crippen LogP contribution in [0.2, 0.25) is 5.02 Å². The lowest BCUT2D eigenvalue weighted by Crippen LogP contribution is -2.04. The van der Waals surface area contributed by atoms with Gasteiger partial charge >= 0.3 is 0 Å². The molecule has 18 heavy (non-hydrogen) atoms. The van der Waals surface area contributed by atoms with E-state index in [0.717, 1.165) is 0 Å². The predicted molar refractivity (Wildman–Crippen MR) is 68.3 cm³/mol. The molecule has 0 amide bonds. The van der Waals surface area contributed by atoms with E-state index in [0.29, 0.717) is 16.5 Å². The summed E-state index contributed by atoms with van der Waals surface area (Å²) in [5.74, 6) is 0.852. The van der Waals surface area contributed by atoms with Crippen LogP contribution in [0.1, 0.15) is 0 Å². The van der Waals surface area contributed by atoms with Crippen molar-refractivity contribution in [2.45, 2.75) is 0 Å². The van der Waals surface area contributed by atoms with E-state index < -0.39 is 11.3 Å². The highest BCUT2D eigenvalue weighted by molar-refractivity contribution is 7.80. The third-order valence-corrected chi connectivity index (χ3v) is 2.62. The van der Waals surface area contributed by atoms with Crippen molar-refractivity contribution >= 4 is 28.6 Å². The Kier molecular flexibility index (Phi) is 4.14. The van der Waals surface area contributed by atoms with Crippen molar-refractivity contribution in [3.8, 4) is 11.5 Å². The number of benzene rings is 1. The van der Waals surface area contributed by atoms with E-state index in [2.05, 4.69) is 9.71 Å². The summed E-state index contributed by atoms with van der Waals surface area (Å²) in [5.41, 5.74) is 0.255. The number of hydrogen-bond acceptors (Lipinski definition) is 4. The van der Waals surface area contributed by atoms with Crippen molar-refractivity contribution in [1.82, 2.24) is 4.98 Å². The molecule has 0 radical (unpaired) electrons. The molecule has 0 saturated carbocycles. The smallest absolute Gasteiger partial charge is 0.154 e. The largest absolute Gasteiger partial charge is 0.755 e. The maximum atomic E-state index is 10.6. The molecule has 0 bridgehead atoms. The van der Waals surface area contributed by atoms with Gasteiger partial charge in [0.05, 0.1) is 6.20 Å². The molecule has 94 valence electrons. The summed E-state index contributed by atoms with van der Waals surface area (Å²) < 4.78 is 29.0. The molecule has 1 N–H and O–H groups in total. The fourth-order valence-corrected chi connectivity index (χ4v) is 1.81. The Morgan fingerprint density at radius 1 is 1.39 bits per heavy atom. The zero-order valence-electron chi connectivity index (χ0n) is 9.00. The summed E-state index contributed by atoms with van der Waals surface area (Å²) in [6.45, 7) is 0. The lowest BCUT2D eigenvalue weighted by Gasteiger charge is -2.13. The summed E-state index contributed by atoms with van der Waals surface area (Å²) >= 11 is 3.39. The minimum Gasteiger partial charge on any atom is -0.755 e. The molecule has 2 rings (SSSR count). The molecule has 1 aromatic heterocycles. The summed E-state index contributed by atoms with van der Waals surface area (Å²) in [4.78, 5) is 3.82. The Bertz CT molecular complexity index is 580. The van der Waals surface area contributed by atoms with Crippen molar-refractivity contribution in [3.63, 3.8) is 0 Å². The Balaban J connectivity index is 2.26. The third kappa shape index (κ3) is 3.43. The first kappa shape index (κ1) is 12.8. The van der Waals surface area contributed by atoms with Gasteiger partial charge in [0.15, 0.2) is 5.75 Å². The van der Waals surface area contributed by atoms with Crippen LogP contribution in [-0.2, 0) is 11.3 Å². The number of aromatic nitrogens is 1. The zero-order chi connectivity index (χ0) is 13.0. The first-order valence-electron chi connectivity index (χ1n) is 4.88. The van der Waals surface area contributed by atoms with Gasteiger partial charge in [0, 0.05) is 28.6 Å². The van der Waals surface area contributed by atoms with Crippen LogP contribution in [0, 0.1) is 0 Å². The van der Waals surface area contributed by atoms with Crippen LogP contribution >= 0.6 is 11.6 Å². The van der Waals surface area contributed by atoms with Crippen LogP contribution in [0.3, 0.4) is 0 Å².